The average Bonchev–Trinajstić information content (AvgIpc) is 3.46. The van der Waals surface area contributed by atoms with Gasteiger partial charge in [-0.3, -0.25) is 9.59 Å². The molecule has 2 aromatic carbocycles. The first-order valence-electron chi connectivity index (χ1n) is 12.6. The van der Waals surface area contributed by atoms with Crippen LogP contribution in [0.4, 0.5) is 0 Å². The van der Waals surface area contributed by atoms with Crippen LogP contribution in [0.3, 0.4) is 0 Å². The number of hydrogen-bond donors (Lipinski definition) is 0. The number of rotatable bonds is 7. The highest BCUT2D eigenvalue weighted by Crippen LogP contribution is 2.41. The third-order valence-corrected chi connectivity index (χ3v) is 7.08. The summed E-state index contributed by atoms with van der Waals surface area (Å²) in [5.41, 5.74) is 3.39. The van der Waals surface area contributed by atoms with Crippen LogP contribution in [0.2, 0.25) is 0 Å². The minimum atomic E-state index is -0.605. The summed E-state index contributed by atoms with van der Waals surface area (Å²) in [6, 6.07) is 8.69. The Morgan fingerprint density at radius 3 is 2.56 bits per heavy atom. The summed E-state index contributed by atoms with van der Waals surface area (Å²) in [7, 11) is 1.59. The van der Waals surface area contributed by atoms with E-state index < -0.39 is 6.04 Å². The Balaban J connectivity index is 1.66. The molecule has 1 fully saturated rings. The summed E-state index contributed by atoms with van der Waals surface area (Å²) >= 11 is 0. The minimum Gasteiger partial charge on any atom is -0.493 e. The van der Waals surface area contributed by atoms with Gasteiger partial charge < -0.3 is 23.5 Å². The lowest BCUT2D eigenvalue weighted by atomic mass is 9.97. The van der Waals surface area contributed by atoms with Gasteiger partial charge in [0.05, 0.1) is 36.8 Å². The molecule has 0 radical (unpaired) electrons. The lowest BCUT2D eigenvalue weighted by Crippen LogP contribution is -2.36. The highest BCUT2D eigenvalue weighted by Gasteiger charge is 2.44. The molecule has 0 saturated carbocycles. The maximum absolute atomic E-state index is 13.9. The van der Waals surface area contributed by atoms with E-state index in [1.165, 1.54) is 0 Å². The second-order valence-corrected chi connectivity index (χ2v) is 10.2. The van der Waals surface area contributed by atoms with Gasteiger partial charge >= 0.3 is 0 Å². The molecule has 7 nitrogen and oxygen atoms in total. The van der Waals surface area contributed by atoms with Gasteiger partial charge in [-0.05, 0) is 73.6 Å². The van der Waals surface area contributed by atoms with E-state index in [4.69, 9.17) is 18.6 Å². The summed E-state index contributed by atoms with van der Waals surface area (Å²) in [4.78, 5) is 29.3. The second kappa shape index (κ2) is 9.62. The van der Waals surface area contributed by atoms with Gasteiger partial charge in [0.25, 0.3) is 5.91 Å². The molecular weight excluding hydrogens is 458 g/mol. The van der Waals surface area contributed by atoms with E-state index in [-0.39, 0.29) is 23.2 Å². The fraction of sp³-hybridized carbons (Fsp3) is 0.448. The summed E-state index contributed by atoms with van der Waals surface area (Å²) in [5.74, 6) is 1.37. The molecule has 5 rings (SSSR count). The van der Waals surface area contributed by atoms with Crippen molar-refractivity contribution < 1.29 is 23.4 Å². The second-order valence-electron chi connectivity index (χ2n) is 10.2. The van der Waals surface area contributed by atoms with E-state index in [0.717, 1.165) is 29.5 Å². The van der Waals surface area contributed by atoms with Gasteiger partial charge in [0.1, 0.15) is 5.58 Å². The molecule has 0 bridgehead atoms. The predicted octanol–water partition coefficient (Wildman–Crippen LogP) is 5.18. The van der Waals surface area contributed by atoms with Crippen LogP contribution in [0.1, 0.15) is 65.5 Å². The molecule has 2 aliphatic rings. The van der Waals surface area contributed by atoms with Gasteiger partial charge in [-0.25, -0.2) is 0 Å². The molecule has 2 atom stereocenters. The summed E-state index contributed by atoms with van der Waals surface area (Å²) in [6.45, 7) is 9.71. The lowest BCUT2D eigenvalue weighted by molar-refractivity contribution is 0.0486. The SMILES string of the molecule is COc1cc(C2c3c(oc4cc(C)c(C)cc4c3=O)C(=O)N2CC2CCCO2)ccc1OCC(C)C. The number of nitrogens with zero attached hydrogens (tertiary/aromatic N) is 1. The first-order chi connectivity index (χ1) is 17.3. The molecule has 36 heavy (non-hydrogen) atoms. The molecule has 2 unspecified atom stereocenters. The molecule has 3 aromatic rings. The third kappa shape index (κ3) is 4.26. The predicted molar refractivity (Wildman–Crippen MR) is 137 cm³/mol. The number of amides is 1. The number of methoxy groups -OCH3 is 1. The fourth-order valence-corrected chi connectivity index (χ4v) is 5.05. The van der Waals surface area contributed by atoms with Gasteiger partial charge in [0.2, 0.25) is 5.76 Å². The first kappa shape index (κ1) is 24.4. The quantitative estimate of drug-likeness (QED) is 0.453. The van der Waals surface area contributed by atoms with E-state index >= 15 is 0 Å². The van der Waals surface area contributed by atoms with Crippen molar-refractivity contribution in [2.75, 3.05) is 26.9 Å². The highest BCUT2D eigenvalue weighted by molar-refractivity contribution is 5.99. The Morgan fingerprint density at radius 1 is 1.08 bits per heavy atom. The standard InChI is InChI=1S/C29H33NO6/c1-16(2)15-35-22-9-8-19(13-24(22)33-5)26-25-27(31)21-11-17(3)18(4)12-23(21)36-28(25)29(32)30(26)14-20-7-6-10-34-20/h8-9,11-13,16,20,26H,6-7,10,14-15H2,1-5H3. The van der Waals surface area contributed by atoms with Gasteiger partial charge in [-0.2, -0.15) is 0 Å². The number of aryl methyl sites for hydroxylation is 2. The van der Waals surface area contributed by atoms with Crippen molar-refractivity contribution in [3.63, 3.8) is 0 Å². The minimum absolute atomic E-state index is 0.0738. The molecule has 1 aromatic heterocycles. The Morgan fingerprint density at radius 2 is 1.86 bits per heavy atom. The van der Waals surface area contributed by atoms with E-state index in [2.05, 4.69) is 13.8 Å². The van der Waals surface area contributed by atoms with Crippen LogP contribution >= 0.6 is 0 Å². The van der Waals surface area contributed by atoms with Crippen molar-refractivity contribution in [1.29, 1.82) is 0 Å². The van der Waals surface area contributed by atoms with Crippen molar-refractivity contribution in [3.05, 3.63) is 68.6 Å². The fourth-order valence-electron chi connectivity index (χ4n) is 5.05. The first-order valence-corrected chi connectivity index (χ1v) is 12.6. The zero-order valence-electron chi connectivity index (χ0n) is 21.6. The molecule has 7 heteroatoms. The van der Waals surface area contributed by atoms with Crippen molar-refractivity contribution in [2.45, 2.75) is 52.7 Å². The number of hydrogen-bond acceptors (Lipinski definition) is 6. The Kier molecular flexibility index (Phi) is 6.51. The molecule has 3 heterocycles. The molecule has 1 saturated heterocycles. The molecule has 190 valence electrons. The van der Waals surface area contributed by atoms with Gasteiger partial charge in [-0.1, -0.05) is 19.9 Å². The highest BCUT2D eigenvalue weighted by atomic mass is 16.5. The Hall–Kier alpha value is -3.32. The molecule has 0 spiro atoms. The number of carbonyl (C=O) groups excluding carboxylic acids is 1. The number of carbonyl (C=O) groups is 1. The summed E-state index contributed by atoms with van der Waals surface area (Å²) in [5, 5.41) is 0.484. The van der Waals surface area contributed by atoms with Crippen molar-refractivity contribution in [3.8, 4) is 11.5 Å². The third-order valence-electron chi connectivity index (χ3n) is 7.08. The van der Waals surface area contributed by atoms with Crippen LogP contribution in [-0.2, 0) is 4.74 Å². The molecular formula is C29H33NO6. The molecule has 0 N–H and O–H groups in total. The monoisotopic (exact) mass is 491 g/mol. The Labute approximate surface area is 210 Å². The van der Waals surface area contributed by atoms with Gasteiger partial charge in [0.15, 0.2) is 16.9 Å². The van der Waals surface area contributed by atoms with Gasteiger partial charge in [-0.15, -0.1) is 0 Å². The molecule has 2 aliphatic heterocycles. The molecule has 0 aliphatic carbocycles. The lowest BCUT2D eigenvalue weighted by Gasteiger charge is -2.28. The maximum atomic E-state index is 13.9. The van der Waals surface area contributed by atoms with E-state index in [9.17, 15) is 9.59 Å². The van der Waals surface area contributed by atoms with Crippen LogP contribution in [-0.4, -0.2) is 43.8 Å². The Bertz CT molecular complexity index is 1370. The zero-order valence-corrected chi connectivity index (χ0v) is 21.6. The average molecular weight is 492 g/mol. The summed E-state index contributed by atoms with van der Waals surface area (Å²) in [6.07, 6.45) is 1.76. The van der Waals surface area contributed by atoms with Crippen molar-refractivity contribution >= 4 is 16.9 Å². The number of ether oxygens (including phenoxy) is 3. The number of benzene rings is 2. The van der Waals surface area contributed by atoms with Crippen molar-refractivity contribution in [1.82, 2.24) is 4.90 Å². The van der Waals surface area contributed by atoms with Crippen molar-refractivity contribution in [2.24, 2.45) is 5.92 Å². The zero-order chi connectivity index (χ0) is 25.6. The van der Waals surface area contributed by atoms with E-state index in [1.54, 1.807) is 12.0 Å². The largest absolute Gasteiger partial charge is 0.493 e. The maximum Gasteiger partial charge on any atom is 0.291 e. The summed E-state index contributed by atoms with van der Waals surface area (Å²) < 4.78 is 23.6. The smallest absolute Gasteiger partial charge is 0.291 e. The molecule has 1 amide bonds. The van der Waals surface area contributed by atoms with Crippen LogP contribution < -0.4 is 14.9 Å². The van der Waals surface area contributed by atoms with Crippen LogP contribution in [0, 0.1) is 19.8 Å². The topological polar surface area (TPSA) is 78.2 Å². The number of fused-ring (bicyclic) bond motifs is 2. The van der Waals surface area contributed by atoms with E-state index in [0.29, 0.717) is 53.7 Å². The van der Waals surface area contributed by atoms with Gasteiger partial charge in [0, 0.05) is 13.2 Å². The van der Waals surface area contributed by atoms with E-state index in [1.807, 2.05) is 44.2 Å². The normalized spacial score (nSPS) is 19.4. The van der Waals surface area contributed by atoms with Crippen LogP contribution in [0.25, 0.3) is 11.0 Å². The van der Waals surface area contributed by atoms with Crippen LogP contribution in [0.15, 0.2) is 39.5 Å². The van der Waals surface area contributed by atoms with Crippen LogP contribution in [0.5, 0.6) is 11.5 Å².